The van der Waals surface area contributed by atoms with Gasteiger partial charge in [0.1, 0.15) is 5.75 Å². The highest BCUT2D eigenvalue weighted by Gasteiger charge is 2.29. The van der Waals surface area contributed by atoms with Crippen molar-refractivity contribution in [2.24, 2.45) is 5.41 Å². The highest BCUT2D eigenvalue weighted by molar-refractivity contribution is 6.48. The molecule has 0 aliphatic carbocycles. The Kier molecular flexibility index (Phi) is 5.71. The normalized spacial score (nSPS) is 11.0. The minimum Gasteiger partial charge on any atom is -0.423 e. The Bertz CT molecular complexity index is 535. The zero-order valence-electron chi connectivity index (χ0n) is 13.3. The molecule has 0 atom stereocenters. The number of carbonyl (C=O) groups is 1. The maximum atomic E-state index is 12.5. The SMILES string of the molecule is CC(C)=C(C(=O)Oc1ccccc1)C(C)(C)C=C([SiH3])[SiH3]. The largest absolute Gasteiger partial charge is 0.423 e. The summed E-state index contributed by atoms with van der Waals surface area (Å²) in [5.41, 5.74) is 1.49. The molecule has 20 heavy (non-hydrogen) atoms. The first-order valence-corrected chi connectivity index (χ1v) is 8.85. The molecule has 0 radical (unpaired) electrons. The van der Waals surface area contributed by atoms with Gasteiger partial charge in [0.05, 0.1) is 0 Å². The van der Waals surface area contributed by atoms with Gasteiger partial charge in [-0.05, 0) is 26.0 Å². The average Bonchev–Trinajstić information content (AvgIpc) is 2.26. The van der Waals surface area contributed by atoms with Crippen molar-refractivity contribution in [1.82, 2.24) is 0 Å². The minimum atomic E-state index is -0.274. The lowest BCUT2D eigenvalue weighted by Crippen LogP contribution is -2.25. The molecule has 0 aliphatic rings. The molecule has 0 aliphatic heterocycles. The molecule has 0 fully saturated rings. The fourth-order valence-electron chi connectivity index (χ4n) is 2.55. The Morgan fingerprint density at radius 1 is 1.15 bits per heavy atom. The molecule has 0 unspecified atom stereocenters. The fraction of sp³-hybridized carbons (Fsp3) is 0.312. The van der Waals surface area contributed by atoms with Crippen LogP contribution in [0, 0.1) is 5.41 Å². The molecule has 1 aromatic carbocycles. The number of hydrogen-bond acceptors (Lipinski definition) is 2. The lowest BCUT2D eigenvalue weighted by Gasteiger charge is -2.25. The van der Waals surface area contributed by atoms with Crippen LogP contribution in [-0.2, 0) is 4.79 Å². The van der Waals surface area contributed by atoms with E-state index in [-0.39, 0.29) is 11.4 Å². The van der Waals surface area contributed by atoms with E-state index in [9.17, 15) is 4.79 Å². The number of esters is 1. The molecular weight excluding hydrogens is 280 g/mol. The Morgan fingerprint density at radius 3 is 2.15 bits per heavy atom. The third-order valence-corrected chi connectivity index (χ3v) is 3.53. The zero-order valence-corrected chi connectivity index (χ0v) is 17.3. The second-order valence-corrected chi connectivity index (χ2v) is 11.2. The summed E-state index contributed by atoms with van der Waals surface area (Å²) in [5, 5.41) is 0. The predicted molar refractivity (Wildman–Crippen MR) is 92.2 cm³/mol. The van der Waals surface area contributed by atoms with Crippen LogP contribution in [0.3, 0.4) is 0 Å². The lowest BCUT2D eigenvalue weighted by molar-refractivity contribution is -0.131. The summed E-state index contributed by atoms with van der Waals surface area (Å²) in [7, 11) is 2.13. The Hall–Kier alpha value is -1.40. The van der Waals surface area contributed by atoms with Crippen LogP contribution in [-0.4, -0.2) is 26.5 Å². The van der Waals surface area contributed by atoms with Gasteiger partial charge in [-0.3, -0.25) is 0 Å². The number of allylic oxidation sites excluding steroid dienone is 2. The van der Waals surface area contributed by atoms with E-state index in [0.717, 1.165) is 31.6 Å². The molecule has 0 aromatic heterocycles. The third-order valence-electron chi connectivity index (χ3n) is 2.95. The van der Waals surface area contributed by atoms with Gasteiger partial charge in [-0.25, -0.2) is 4.79 Å². The summed E-state index contributed by atoms with van der Waals surface area (Å²) in [6, 6.07) is 9.23. The van der Waals surface area contributed by atoms with E-state index in [1.807, 2.05) is 32.0 Å². The van der Waals surface area contributed by atoms with Crippen molar-refractivity contribution in [1.29, 1.82) is 0 Å². The molecule has 0 saturated carbocycles. The van der Waals surface area contributed by atoms with Crippen LogP contribution in [0.15, 0.2) is 52.4 Å². The molecule has 0 bridgehead atoms. The summed E-state index contributed by atoms with van der Waals surface area (Å²) in [6.45, 7) is 8.10. The lowest BCUT2D eigenvalue weighted by atomic mass is 9.82. The highest BCUT2D eigenvalue weighted by Crippen LogP contribution is 2.32. The summed E-state index contributed by atoms with van der Waals surface area (Å²) in [6.07, 6.45) is 2.22. The monoisotopic (exact) mass is 304 g/mol. The molecule has 1 aromatic rings. The van der Waals surface area contributed by atoms with Crippen LogP contribution in [0.1, 0.15) is 27.7 Å². The first-order chi connectivity index (χ1) is 9.24. The maximum absolute atomic E-state index is 12.5. The quantitative estimate of drug-likeness (QED) is 0.365. The second-order valence-electron chi connectivity index (χ2n) is 6.02. The molecule has 0 amide bonds. The van der Waals surface area contributed by atoms with E-state index < -0.39 is 0 Å². The zero-order chi connectivity index (χ0) is 15.3. The Labute approximate surface area is 127 Å². The summed E-state index contributed by atoms with van der Waals surface area (Å²) in [5.74, 6) is 0.343. The van der Waals surface area contributed by atoms with Crippen molar-refractivity contribution in [2.75, 3.05) is 0 Å². The fourth-order valence-corrected chi connectivity index (χ4v) is 4.00. The first-order valence-electron chi connectivity index (χ1n) is 6.85. The van der Waals surface area contributed by atoms with Crippen molar-refractivity contribution >= 4 is 26.5 Å². The number of hydrogen-bond donors (Lipinski definition) is 0. The molecule has 108 valence electrons. The molecule has 0 heterocycles. The summed E-state index contributed by atoms with van der Waals surface area (Å²) in [4.78, 5) is 14.0. The Balaban J connectivity index is 3.08. The van der Waals surface area contributed by atoms with Gasteiger partial charge in [0, 0.05) is 31.5 Å². The van der Waals surface area contributed by atoms with Gasteiger partial charge < -0.3 is 4.74 Å². The van der Waals surface area contributed by atoms with Crippen LogP contribution in [0.2, 0.25) is 0 Å². The third kappa shape index (κ3) is 4.61. The van der Waals surface area contributed by atoms with Gasteiger partial charge in [0.25, 0.3) is 0 Å². The van der Waals surface area contributed by atoms with Crippen LogP contribution in [0.4, 0.5) is 0 Å². The summed E-state index contributed by atoms with van der Waals surface area (Å²) >= 11 is 0. The van der Waals surface area contributed by atoms with Crippen molar-refractivity contribution in [2.45, 2.75) is 27.7 Å². The van der Waals surface area contributed by atoms with Crippen LogP contribution >= 0.6 is 0 Å². The molecule has 0 saturated heterocycles. The number of ether oxygens (including phenoxy) is 1. The topological polar surface area (TPSA) is 26.3 Å². The molecular formula is C16H24O2Si2. The van der Waals surface area contributed by atoms with Crippen molar-refractivity contribution in [3.05, 3.63) is 52.4 Å². The molecule has 0 spiro atoms. The van der Waals surface area contributed by atoms with E-state index in [2.05, 4.69) is 19.9 Å². The predicted octanol–water partition coefficient (Wildman–Crippen LogP) is 1.53. The van der Waals surface area contributed by atoms with Crippen molar-refractivity contribution in [3.8, 4) is 5.75 Å². The van der Waals surface area contributed by atoms with E-state index in [0.29, 0.717) is 5.75 Å². The van der Waals surface area contributed by atoms with Crippen molar-refractivity contribution < 1.29 is 9.53 Å². The smallest absolute Gasteiger partial charge is 0.340 e. The van der Waals surface area contributed by atoms with Gasteiger partial charge in [-0.1, -0.05) is 43.7 Å². The second kappa shape index (κ2) is 6.86. The van der Waals surface area contributed by atoms with E-state index >= 15 is 0 Å². The van der Waals surface area contributed by atoms with Gasteiger partial charge in [0.15, 0.2) is 0 Å². The van der Waals surface area contributed by atoms with Gasteiger partial charge in [-0.2, -0.15) is 0 Å². The minimum absolute atomic E-state index is 0.248. The van der Waals surface area contributed by atoms with Gasteiger partial charge in [-0.15, -0.1) is 4.82 Å². The van der Waals surface area contributed by atoms with Crippen LogP contribution in [0.5, 0.6) is 5.75 Å². The molecule has 2 nitrogen and oxygen atoms in total. The molecule has 0 N–H and O–H groups in total. The molecule has 4 heteroatoms. The number of benzene rings is 1. The maximum Gasteiger partial charge on any atom is 0.340 e. The van der Waals surface area contributed by atoms with Gasteiger partial charge in [0.2, 0.25) is 0 Å². The first kappa shape index (κ1) is 16.7. The van der Waals surface area contributed by atoms with E-state index in [4.69, 9.17) is 4.74 Å². The van der Waals surface area contributed by atoms with Crippen molar-refractivity contribution in [3.63, 3.8) is 0 Å². The van der Waals surface area contributed by atoms with Crippen LogP contribution < -0.4 is 4.74 Å². The summed E-state index contributed by atoms with van der Waals surface area (Å²) < 4.78 is 5.50. The van der Waals surface area contributed by atoms with Gasteiger partial charge >= 0.3 is 5.97 Å². The molecule has 1 rings (SSSR count). The van der Waals surface area contributed by atoms with Crippen LogP contribution in [0.25, 0.3) is 0 Å². The number of para-hydroxylation sites is 1. The van der Waals surface area contributed by atoms with E-state index in [1.54, 1.807) is 12.1 Å². The van der Waals surface area contributed by atoms with E-state index in [1.165, 1.54) is 4.82 Å². The number of carbonyl (C=O) groups excluding carboxylic acids is 1. The Morgan fingerprint density at radius 2 is 1.70 bits per heavy atom. The highest BCUT2D eigenvalue weighted by atomic mass is 28.2. The average molecular weight is 305 g/mol. The number of rotatable bonds is 4. The standard InChI is InChI=1S/C16H24O2Si2/c1-11(2)14(16(3,4)10-13(19)20)15(17)18-12-8-6-5-7-9-12/h5-10H,1-4,19-20H3.